The van der Waals surface area contributed by atoms with Gasteiger partial charge in [-0.1, -0.05) is 30.1 Å². The van der Waals surface area contributed by atoms with Crippen LogP contribution in [0.25, 0.3) is 0 Å². The third-order valence-corrected chi connectivity index (χ3v) is 4.72. The summed E-state index contributed by atoms with van der Waals surface area (Å²) in [4.78, 5) is 26.8. The monoisotopic (exact) mass is 459 g/mol. The van der Waals surface area contributed by atoms with Crippen LogP contribution < -0.4 is 5.32 Å². The highest BCUT2D eigenvalue weighted by Gasteiger charge is 2.22. The highest BCUT2D eigenvalue weighted by molar-refractivity contribution is 9.10. The van der Waals surface area contributed by atoms with Crippen LogP contribution in [0.1, 0.15) is 30.8 Å². The number of anilines is 1. The number of nitrogens with one attached hydrogen (secondary N) is 1. The van der Waals surface area contributed by atoms with E-state index in [0.717, 1.165) is 10.9 Å². The summed E-state index contributed by atoms with van der Waals surface area (Å²) in [5.41, 5.74) is 1.01. The van der Waals surface area contributed by atoms with Gasteiger partial charge in [0.05, 0.1) is 10.7 Å². The number of aryl methyl sites for hydroxylation is 1. The quantitative estimate of drug-likeness (QED) is 0.627. The van der Waals surface area contributed by atoms with Crippen LogP contribution in [0.5, 0.6) is 0 Å². The Hall–Kier alpha value is -1.50. The van der Waals surface area contributed by atoms with Gasteiger partial charge >= 0.3 is 0 Å². The third-order valence-electron chi connectivity index (χ3n) is 3.74. The normalized spacial score (nSPS) is 10.7. The molecule has 0 saturated heterocycles. The van der Waals surface area contributed by atoms with E-state index in [2.05, 4.69) is 21.2 Å². The summed E-state index contributed by atoms with van der Waals surface area (Å²) in [5, 5.41) is 3.56. The van der Waals surface area contributed by atoms with Gasteiger partial charge in [0.2, 0.25) is 5.91 Å². The molecule has 0 atom stereocenters. The Morgan fingerprint density at radius 1 is 1.23 bits per heavy atom. The number of hydrogen-bond donors (Lipinski definition) is 1. The molecule has 1 heterocycles. The molecule has 0 unspecified atom stereocenters. The van der Waals surface area contributed by atoms with E-state index < -0.39 is 0 Å². The summed E-state index contributed by atoms with van der Waals surface area (Å²) in [6.45, 7) is 5.01. The average Bonchev–Trinajstić information content (AvgIpc) is 2.97. The molecule has 5 nitrogen and oxygen atoms in total. The first-order valence-corrected chi connectivity index (χ1v) is 9.80. The first-order valence-electron chi connectivity index (χ1n) is 8.25. The number of nitrogens with zero attached hydrogens (tertiary/aromatic N) is 2. The average molecular weight is 461 g/mol. The molecule has 0 aliphatic carbocycles. The minimum Gasteiger partial charge on any atom is -0.343 e. The van der Waals surface area contributed by atoms with E-state index >= 15 is 0 Å². The molecule has 1 N–H and O–H groups in total. The van der Waals surface area contributed by atoms with E-state index in [1.807, 2.05) is 24.6 Å². The minimum absolute atomic E-state index is 0.0574. The van der Waals surface area contributed by atoms with Crippen LogP contribution in [0.4, 0.5) is 5.69 Å². The zero-order chi connectivity index (χ0) is 19.3. The number of aromatic nitrogens is 1. The number of hydrogen-bond acceptors (Lipinski definition) is 2. The fraction of sp³-hybridized carbons (Fsp3) is 0.333. The van der Waals surface area contributed by atoms with E-state index in [-0.39, 0.29) is 18.4 Å². The van der Waals surface area contributed by atoms with Crippen LogP contribution in [0.3, 0.4) is 0 Å². The summed E-state index contributed by atoms with van der Waals surface area (Å²) in [5.74, 6) is -0.499. The molecule has 0 bridgehead atoms. The van der Waals surface area contributed by atoms with Crippen molar-refractivity contribution in [3.05, 3.63) is 50.7 Å². The number of carbonyl (C=O) groups is 2. The van der Waals surface area contributed by atoms with E-state index in [9.17, 15) is 9.59 Å². The highest BCUT2D eigenvalue weighted by Crippen LogP contribution is 2.25. The highest BCUT2D eigenvalue weighted by atomic mass is 79.9. The first-order chi connectivity index (χ1) is 12.3. The maximum absolute atomic E-state index is 12.9. The number of amides is 2. The Bertz CT molecular complexity index is 808. The Balaban J connectivity index is 2.13. The molecule has 8 heteroatoms. The van der Waals surface area contributed by atoms with Gasteiger partial charge in [0.25, 0.3) is 5.91 Å². The van der Waals surface area contributed by atoms with Crippen molar-refractivity contribution in [1.82, 2.24) is 9.47 Å². The summed E-state index contributed by atoms with van der Waals surface area (Å²) >= 11 is 15.3. The van der Waals surface area contributed by atoms with Crippen molar-refractivity contribution in [2.45, 2.75) is 26.8 Å². The van der Waals surface area contributed by atoms with Crippen molar-refractivity contribution < 1.29 is 9.59 Å². The predicted octanol–water partition coefficient (Wildman–Crippen LogP) is 5.07. The summed E-state index contributed by atoms with van der Waals surface area (Å²) in [6, 6.07) is 6.60. The van der Waals surface area contributed by atoms with Gasteiger partial charge in [0.15, 0.2) is 0 Å². The molecule has 1 aromatic heterocycles. The summed E-state index contributed by atoms with van der Waals surface area (Å²) in [6.07, 6.45) is 2.60. The largest absolute Gasteiger partial charge is 0.343 e. The van der Waals surface area contributed by atoms with E-state index in [1.165, 1.54) is 4.90 Å². The minimum atomic E-state index is -0.315. The molecule has 2 aromatic rings. The van der Waals surface area contributed by atoms with Gasteiger partial charge in [0, 0.05) is 28.8 Å². The van der Waals surface area contributed by atoms with E-state index in [1.54, 1.807) is 24.3 Å². The van der Waals surface area contributed by atoms with Crippen molar-refractivity contribution in [3.8, 4) is 0 Å². The van der Waals surface area contributed by atoms with Gasteiger partial charge in [-0.25, -0.2) is 0 Å². The fourth-order valence-corrected chi connectivity index (χ4v) is 3.47. The molecule has 26 heavy (non-hydrogen) atoms. The molecule has 2 rings (SSSR count). The molecule has 0 saturated carbocycles. The Morgan fingerprint density at radius 2 is 1.96 bits per heavy atom. The molecule has 140 valence electrons. The van der Waals surface area contributed by atoms with Gasteiger partial charge in [-0.2, -0.15) is 0 Å². The maximum atomic E-state index is 12.9. The maximum Gasteiger partial charge on any atom is 0.270 e. The molecule has 0 radical (unpaired) electrons. The lowest BCUT2D eigenvalue weighted by atomic mass is 10.3. The Morgan fingerprint density at radius 3 is 2.58 bits per heavy atom. The Labute approximate surface area is 171 Å². The molecule has 1 aromatic carbocycles. The van der Waals surface area contributed by atoms with E-state index in [0.29, 0.717) is 34.5 Å². The van der Waals surface area contributed by atoms with Crippen molar-refractivity contribution >= 4 is 56.6 Å². The smallest absolute Gasteiger partial charge is 0.270 e. The number of halogens is 3. The first kappa shape index (κ1) is 20.8. The topological polar surface area (TPSA) is 54.3 Å². The Kier molecular flexibility index (Phi) is 7.55. The van der Waals surface area contributed by atoms with Crippen molar-refractivity contribution in [3.63, 3.8) is 0 Å². The van der Waals surface area contributed by atoms with Gasteiger partial charge in [-0.15, -0.1) is 0 Å². The molecule has 0 aliphatic heterocycles. The fourth-order valence-electron chi connectivity index (χ4n) is 2.55. The van der Waals surface area contributed by atoms with Gasteiger partial charge in [-0.3, -0.25) is 9.59 Å². The summed E-state index contributed by atoms with van der Waals surface area (Å²) in [7, 11) is 0. The van der Waals surface area contributed by atoms with E-state index in [4.69, 9.17) is 23.2 Å². The van der Waals surface area contributed by atoms with Crippen molar-refractivity contribution in [2.24, 2.45) is 0 Å². The van der Waals surface area contributed by atoms with Crippen LogP contribution in [0.15, 0.2) is 34.9 Å². The zero-order valence-electron chi connectivity index (χ0n) is 14.6. The molecule has 0 fully saturated rings. The molecule has 2 amide bonds. The van der Waals surface area contributed by atoms with Crippen LogP contribution in [0, 0.1) is 0 Å². The van der Waals surface area contributed by atoms with Crippen LogP contribution in [-0.4, -0.2) is 34.4 Å². The predicted molar refractivity (Wildman–Crippen MR) is 109 cm³/mol. The lowest BCUT2D eigenvalue weighted by Gasteiger charge is -2.22. The standard InChI is InChI=1S/C18H20BrCl2N3O2/c1-3-7-24(18(26)16-8-12(19)10-23(16)4-2)11-17(25)22-15-6-5-13(20)9-14(15)21/h5-6,8-10H,3-4,7,11H2,1-2H3,(H,22,25). The second kappa shape index (κ2) is 9.44. The summed E-state index contributed by atoms with van der Waals surface area (Å²) < 4.78 is 2.68. The number of benzene rings is 1. The molecular formula is C18H20BrCl2N3O2. The number of rotatable bonds is 7. The second-order valence-electron chi connectivity index (χ2n) is 5.73. The third kappa shape index (κ3) is 5.25. The van der Waals surface area contributed by atoms with Gasteiger partial charge in [0.1, 0.15) is 12.2 Å². The lowest BCUT2D eigenvalue weighted by Crippen LogP contribution is -2.39. The van der Waals surface area contributed by atoms with Crippen LogP contribution in [0.2, 0.25) is 10.0 Å². The van der Waals surface area contributed by atoms with Crippen LogP contribution >= 0.6 is 39.1 Å². The SMILES string of the molecule is CCCN(CC(=O)Nc1ccc(Cl)cc1Cl)C(=O)c1cc(Br)cn1CC. The molecule has 0 spiro atoms. The molecule has 0 aliphatic rings. The van der Waals surface area contributed by atoms with Crippen molar-refractivity contribution in [1.29, 1.82) is 0 Å². The van der Waals surface area contributed by atoms with Gasteiger partial charge < -0.3 is 14.8 Å². The van der Waals surface area contributed by atoms with Gasteiger partial charge in [-0.05, 0) is 53.5 Å². The van der Waals surface area contributed by atoms with Crippen molar-refractivity contribution in [2.75, 3.05) is 18.4 Å². The number of carbonyl (C=O) groups excluding carboxylic acids is 2. The zero-order valence-corrected chi connectivity index (χ0v) is 17.7. The second-order valence-corrected chi connectivity index (χ2v) is 7.49. The lowest BCUT2D eigenvalue weighted by molar-refractivity contribution is -0.116. The molecular weight excluding hydrogens is 441 g/mol. The van der Waals surface area contributed by atoms with Crippen LogP contribution in [-0.2, 0) is 11.3 Å².